The van der Waals surface area contributed by atoms with Crippen LogP contribution in [0.25, 0.3) is 0 Å². The Morgan fingerprint density at radius 3 is 1.67 bits per heavy atom. The minimum Gasteiger partial charge on any atom is -0.491 e. The normalized spacial score (nSPS) is 13.8. The molecule has 2 aromatic carbocycles. The van der Waals surface area contributed by atoms with Crippen LogP contribution in [0.5, 0.6) is 11.5 Å². The molecule has 0 aliphatic rings. The van der Waals surface area contributed by atoms with Crippen LogP contribution in [0.4, 0.5) is 0 Å². The van der Waals surface area contributed by atoms with Crippen LogP contribution in [0.1, 0.15) is 66.0 Å². The lowest BCUT2D eigenvalue weighted by atomic mass is 9.78. The van der Waals surface area contributed by atoms with E-state index in [4.69, 9.17) is 14.2 Å². The molecule has 30 heavy (non-hydrogen) atoms. The molecule has 1 N–H and O–H groups in total. The van der Waals surface area contributed by atoms with E-state index in [9.17, 15) is 5.11 Å². The van der Waals surface area contributed by atoms with Crippen LogP contribution in [0.15, 0.2) is 48.5 Å². The predicted molar refractivity (Wildman–Crippen MR) is 123 cm³/mol. The number of rotatable bonds is 9. The van der Waals surface area contributed by atoms with Gasteiger partial charge in [0, 0.05) is 18.9 Å². The third kappa shape index (κ3) is 7.03. The van der Waals surface area contributed by atoms with Crippen molar-refractivity contribution in [1.29, 1.82) is 0 Å². The molecule has 166 valence electrons. The minimum atomic E-state index is -0.579. The molecule has 0 fully saturated rings. The second-order valence-electron chi connectivity index (χ2n) is 10.0. The molecule has 0 radical (unpaired) electrons. The van der Waals surface area contributed by atoms with E-state index in [1.807, 2.05) is 58.9 Å². The lowest BCUT2D eigenvalue weighted by molar-refractivity contribution is -0.0294. The van der Waals surface area contributed by atoms with E-state index in [2.05, 4.69) is 38.1 Å². The molecule has 0 bridgehead atoms. The Bertz CT molecular complexity index is 783. The molecule has 2 rings (SSSR count). The summed E-state index contributed by atoms with van der Waals surface area (Å²) in [7, 11) is 1.65. The van der Waals surface area contributed by atoms with E-state index >= 15 is 0 Å². The standard InChI is InChI=1S/C26H38O4/c1-24(2,3)30-23-15-11-20(12-16-23)26(6,7)19-9-13-22(14-10-19)29-18-21(27)17-25(4,5)28-8/h9-16,21,27H,17-18H2,1-8H3. The highest BCUT2D eigenvalue weighted by atomic mass is 16.5. The highest BCUT2D eigenvalue weighted by Gasteiger charge is 2.24. The van der Waals surface area contributed by atoms with E-state index in [0.29, 0.717) is 6.42 Å². The maximum Gasteiger partial charge on any atom is 0.120 e. The summed E-state index contributed by atoms with van der Waals surface area (Å²) in [5, 5.41) is 10.2. The van der Waals surface area contributed by atoms with E-state index in [1.165, 1.54) is 11.1 Å². The van der Waals surface area contributed by atoms with Crippen LogP contribution < -0.4 is 9.47 Å². The Kier molecular flexibility index (Phi) is 7.59. The van der Waals surface area contributed by atoms with Crippen LogP contribution >= 0.6 is 0 Å². The third-order valence-corrected chi connectivity index (χ3v) is 5.30. The van der Waals surface area contributed by atoms with Crippen molar-refractivity contribution in [2.75, 3.05) is 13.7 Å². The first-order valence-corrected chi connectivity index (χ1v) is 10.6. The fourth-order valence-corrected chi connectivity index (χ4v) is 3.33. The molecule has 0 saturated heterocycles. The summed E-state index contributed by atoms with van der Waals surface area (Å²) in [6.45, 7) is 14.7. The highest BCUT2D eigenvalue weighted by Crippen LogP contribution is 2.33. The van der Waals surface area contributed by atoms with Gasteiger partial charge in [0.2, 0.25) is 0 Å². The zero-order valence-electron chi connectivity index (χ0n) is 19.8. The van der Waals surface area contributed by atoms with Crippen molar-refractivity contribution in [3.05, 3.63) is 59.7 Å². The Hall–Kier alpha value is -2.04. The van der Waals surface area contributed by atoms with Gasteiger partial charge in [0.1, 0.15) is 23.7 Å². The predicted octanol–water partition coefficient (Wildman–Crippen LogP) is 5.74. The second kappa shape index (κ2) is 9.40. The molecule has 0 heterocycles. The maximum absolute atomic E-state index is 10.2. The monoisotopic (exact) mass is 414 g/mol. The number of hydrogen-bond acceptors (Lipinski definition) is 4. The zero-order valence-corrected chi connectivity index (χ0v) is 19.8. The quantitative estimate of drug-likeness (QED) is 0.568. The van der Waals surface area contributed by atoms with E-state index in [-0.39, 0.29) is 23.2 Å². The summed E-state index contributed by atoms with van der Waals surface area (Å²) in [4.78, 5) is 0. The van der Waals surface area contributed by atoms with Gasteiger partial charge in [0.25, 0.3) is 0 Å². The van der Waals surface area contributed by atoms with Gasteiger partial charge in [-0.3, -0.25) is 0 Å². The first kappa shape index (κ1) is 24.2. The molecule has 0 aromatic heterocycles. The summed E-state index contributed by atoms with van der Waals surface area (Å²) in [6, 6.07) is 16.4. The van der Waals surface area contributed by atoms with Crippen molar-refractivity contribution in [2.24, 2.45) is 0 Å². The van der Waals surface area contributed by atoms with Crippen molar-refractivity contribution in [3.63, 3.8) is 0 Å². The van der Waals surface area contributed by atoms with E-state index in [0.717, 1.165) is 11.5 Å². The average Bonchev–Trinajstić information content (AvgIpc) is 2.65. The molecule has 2 aromatic rings. The van der Waals surface area contributed by atoms with Crippen LogP contribution in [0.2, 0.25) is 0 Å². The van der Waals surface area contributed by atoms with E-state index < -0.39 is 6.10 Å². The van der Waals surface area contributed by atoms with Gasteiger partial charge in [0.05, 0.1) is 11.7 Å². The topological polar surface area (TPSA) is 47.9 Å². The number of ether oxygens (including phenoxy) is 3. The van der Waals surface area contributed by atoms with Gasteiger partial charge >= 0.3 is 0 Å². The van der Waals surface area contributed by atoms with Gasteiger partial charge < -0.3 is 19.3 Å². The maximum atomic E-state index is 10.2. The summed E-state index contributed by atoms with van der Waals surface area (Å²) in [5.41, 5.74) is 1.68. The summed E-state index contributed by atoms with van der Waals surface area (Å²) >= 11 is 0. The molecule has 0 aliphatic carbocycles. The van der Waals surface area contributed by atoms with Crippen LogP contribution in [0.3, 0.4) is 0 Å². The smallest absolute Gasteiger partial charge is 0.120 e. The van der Waals surface area contributed by atoms with Crippen molar-refractivity contribution in [2.45, 2.75) is 77.6 Å². The van der Waals surface area contributed by atoms with Crippen molar-refractivity contribution in [3.8, 4) is 11.5 Å². The molecule has 1 unspecified atom stereocenters. The highest BCUT2D eigenvalue weighted by molar-refractivity contribution is 5.41. The number of aliphatic hydroxyl groups excluding tert-OH is 1. The van der Waals surface area contributed by atoms with Crippen LogP contribution in [0, 0.1) is 0 Å². The van der Waals surface area contributed by atoms with Gasteiger partial charge in [0.15, 0.2) is 0 Å². The largest absolute Gasteiger partial charge is 0.491 e. The molecule has 4 nitrogen and oxygen atoms in total. The van der Waals surface area contributed by atoms with Crippen LogP contribution in [-0.2, 0) is 10.2 Å². The lowest BCUT2D eigenvalue weighted by Crippen LogP contribution is -2.31. The Morgan fingerprint density at radius 2 is 1.23 bits per heavy atom. The number of aliphatic hydroxyl groups is 1. The van der Waals surface area contributed by atoms with Gasteiger partial charge in [-0.05, 0) is 70.0 Å². The molecule has 4 heteroatoms. The molecular weight excluding hydrogens is 376 g/mol. The van der Waals surface area contributed by atoms with Crippen LogP contribution in [-0.4, -0.2) is 36.1 Å². The average molecular weight is 415 g/mol. The Balaban J connectivity index is 2.02. The summed E-state index contributed by atoms with van der Waals surface area (Å²) in [5.74, 6) is 1.62. The molecule has 0 saturated carbocycles. The molecule has 0 amide bonds. The second-order valence-corrected chi connectivity index (χ2v) is 10.0. The van der Waals surface area contributed by atoms with Gasteiger partial charge in [-0.15, -0.1) is 0 Å². The summed E-state index contributed by atoms with van der Waals surface area (Å²) < 4.78 is 17.1. The fraction of sp³-hybridized carbons (Fsp3) is 0.538. The number of benzene rings is 2. The van der Waals surface area contributed by atoms with Gasteiger partial charge in [-0.2, -0.15) is 0 Å². The van der Waals surface area contributed by atoms with Gasteiger partial charge in [-0.1, -0.05) is 38.1 Å². The molecule has 1 atom stereocenters. The molecular formula is C26H38O4. The van der Waals surface area contributed by atoms with Crippen molar-refractivity contribution < 1.29 is 19.3 Å². The van der Waals surface area contributed by atoms with Crippen molar-refractivity contribution >= 4 is 0 Å². The number of methoxy groups -OCH3 is 1. The van der Waals surface area contributed by atoms with E-state index in [1.54, 1.807) is 7.11 Å². The van der Waals surface area contributed by atoms with Crippen molar-refractivity contribution in [1.82, 2.24) is 0 Å². The summed E-state index contributed by atoms with van der Waals surface area (Å²) in [6.07, 6.45) is -0.0614. The molecule has 0 aliphatic heterocycles. The molecule has 0 spiro atoms. The SMILES string of the molecule is COC(C)(C)CC(O)COc1ccc(C(C)(C)c2ccc(OC(C)(C)C)cc2)cc1. The first-order chi connectivity index (χ1) is 13.8. The Labute approximate surface area is 182 Å². The Morgan fingerprint density at radius 1 is 0.767 bits per heavy atom. The minimum absolute atomic E-state index is 0.152. The third-order valence-electron chi connectivity index (χ3n) is 5.30. The van der Waals surface area contributed by atoms with Gasteiger partial charge in [-0.25, -0.2) is 0 Å². The fourth-order valence-electron chi connectivity index (χ4n) is 3.33. The zero-order chi connectivity index (χ0) is 22.6. The number of hydrogen-bond donors (Lipinski definition) is 1. The lowest BCUT2D eigenvalue weighted by Gasteiger charge is -2.28. The first-order valence-electron chi connectivity index (χ1n) is 10.6.